The number of morpholine rings is 1. The van der Waals surface area contributed by atoms with Crippen LogP contribution in [0.5, 0.6) is 5.75 Å². The van der Waals surface area contributed by atoms with Crippen LogP contribution in [0.15, 0.2) is 36.8 Å². The number of nitriles is 1. The minimum atomic E-state index is -0.622. The van der Waals surface area contributed by atoms with E-state index in [1.165, 1.54) is 24.2 Å². The van der Waals surface area contributed by atoms with E-state index in [0.29, 0.717) is 44.2 Å². The smallest absolute Gasteiger partial charge is 0.227 e. The summed E-state index contributed by atoms with van der Waals surface area (Å²) in [5, 5.41) is 20.1. The van der Waals surface area contributed by atoms with Gasteiger partial charge < -0.3 is 14.4 Å². The normalized spacial score (nSPS) is 20.2. The number of carbonyl (C=O) groups excluding carboxylic acids is 1. The van der Waals surface area contributed by atoms with Gasteiger partial charge in [-0.3, -0.25) is 9.69 Å². The number of benzene rings is 1. The van der Waals surface area contributed by atoms with Crippen molar-refractivity contribution >= 4 is 5.91 Å². The van der Waals surface area contributed by atoms with Gasteiger partial charge in [-0.1, -0.05) is 6.07 Å². The number of amides is 1. The van der Waals surface area contributed by atoms with E-state index < -0.39 is 5.82 Å². The highest BCUT2D eigenvalue weighted by Gasteiger charge is 2.36. The van der Waals surface area contributed by atoms with Gasteiger partial charge >= 0.3 is 0 Å². The molecule has 180 valence electrons. The van der Waals surface area contributed by atoms with Gasteiger partial charge in [0.2, 0.25) is 5.91 Å². The lowest BCUT2D eigenvalue weighted by molar-refractivity contribution is -0.139. The molecule has 0 aliphatic carbocycles. The number of rotatable bonds is 5. The largest absolute Gasteiger partial charge is 0.495 e. The van der Waals surface area contributed by atoms with E-state index in [1.807, 2.05) is 17.0 Å². The van der Waals surface area contributed by atoms with Crippen molar-refractivity contribution in [2.24, 2.45) is 0 Å². The van der Waals surface area contributed by atoms with Crippen LogP contribution in [0.25, 0.3) is 5.82 Å². The Morgan fingerprint density at radius 3 is 2.91 bits per heavy atom. The van der Waals surface area contributed by atoms with Crippen LogP contribution in [0, 0.1) is 17.1 Å². The van der Waals surface area contributed by atoms with E-state index in [9.17, 15) is 9.18 Å². The van der Waals surface area contributed by atoms with Crippen molar-refractivity contribution in [2.45, 2.75) is 18.6 Å². The molecule has 1 aromatic carbocycles. The summed E-state index contributed by atoms with van der Waals surface area (Å²) in [6, 6.07) is 8.51. The molecule has 2 aliphatic rings. The zero-order valence-electron chi connectivity index (χ0n) is 19.0. The van der Waals surface area contributed by atoms with E-state index in [0.717, 1.165) is 5.56 Å². The number of ether oxygens (including phenoxy) is 2. The second kappa shape index (κ2) is 9.73. The number of nitrogens with zero attached hydrogens (tertiary/aromatic N) is 8. The second-order valence-corrected chi connectivity index (χ2v) is 8.46. The lowest BCUT2D eigenvalue weighted by atomic mass is 10.0. The number of pyridine rings is 1. The predicted octanol–water partition coefficient (Wildman–Crippen LogP) is 0.903. The summed E-state index contributed by atoms with van der Waals surface area (Å²) in [6.07, 6.45) is 3.03. The summed E-state index contributed by atoms with van der Waals surface area (Å²) >= 11 is 0. The molecule has 11 nitrogen and oxygen atoms in total. The van der Waals surface area contributed by atoms with Gasteiger partial charge in [-0.2, -0.15) is 9.94 Å². The van der Waals surface area contributed by atoms with Crippen LogP contribution in [-0.4, -0.2) is 86.8 Å². The fourth-order valence-electron chi connectivity index (χ4n) is 4.48. The fraction of sp³-hybridized carbons (Fsp3) is 0.391. The van der Waals surface area contributed by atoms with Gasteiger partial charge in [0.1, 0.15) is 29.5 Å². The Balaban J connectivity index is 1.19. The van der Waals surface area contributed by atoms with Crippen molar-refractivity contribution in [1.82, 2.24) is 35.0 Å². The molecule has 0 saturated carbocycles. The van der Waals surface area contributed by atoms with Crippen molar-refractivity contribution in [1.29, 1.82) is 5.26 Å². The van der Waals surface area contributed by atoms with Crippen LogP contribution < -0.4 is 4.74 Å². The zero-order valence-corrected chi connectivity index (χ0v) is 19.0. The first-order valence-electron chi connectivity index (χ1n) is 11.1. The molecule has 12 heteroatoms. The maximum absolute atomic E-state index is 14.4. The van der Waals surface area contributed by atoms with Gasteiger partial charge in [0.05, 0.1) is 32.3 Å². The van der Waals surface area contributed by atoms with E-state index in [1.54, 1.807) is 18.3 Å². The number of carbonyl (C=O) groups is 1. The van der Waals surface area contributed by atoms with Crippen LogP contribution in [0.1, 0.15) is 22.8 Å². The van der Waals surface area contributed by atoms with Gasteiger partial charge in [0.25, 0.3) is 0 Å². The minimum Gasteiger partial charge on any atom is -0.495 e. The molecule has 0 unspecified atom stereocenters. The lowest BCUT2D eigenvalue weighted by Crippen LogP contribution is -2.59. The van der Waals surface area contributed by atoms with Crippen molar-refractivity contribution < 1.29 is 18.7 Å². The van der Waals surface area contributed by atoms with Crippen molar-refractivity contribution in [3.05, 3.63) is 59.3 Å². The highest BCUT2D eigenvalue weighted by molar-refractivity contribution is 5.79. The molecule has 2 fully saturated rings. The number of halogens is 1. The first-order chi connectivity index (χ1) is 17.1. The molecule has 0 bridgehead atoms. The van der Waals surface area contributed by atoms with Crippen LogP contribution in [0.2, 0.25) is 0 Å². The monoisotopic (exact) mass is 478 g/mol. The van der Waals surface area contributed by atoms with E-state index in [4.69, 9.17) is 14.7 Å². The SMILES string of the molecule is COc1cc([C@H]2CN3CCN(C(=O)Cc4ccc(-n5cnnn5)nc4)C[C@@H]3CO2)cc(F)c1C#N. The highest BCUT2D eigenvalue weighted by Crippen LogP contribution is 2.32. The summed E-state index contributed by atoms with van der Waals surface area (Å²) in [6.45, 7) is 2.85. The molecule has 35 heavy (non-hydrogen) atoms. The third-order valence-corrected chi connectivity index (χ3v) is 6.38. The van der Waals surface area contributed by atoms with E-state index >= 15 is 0 Å². The summed E-state index contributed by atoms with van der Waals surface area (Å²) in [5.41, 5.74) is 1.33. The molecule has 4 heterocycles. The summed E-state index contributed by atoms with van der Waals surface area (Å²) < 4.78 is 27.0. The lowest BCUT2D eigenvalue weighted by Gasteiger charge is -2.46. The van der Waals surface area contributed by atoms with Gasteiger partial charge in [0, 0.05) is 32.4 Å². The molecule has 2 aromatic heterocycles. The number of tetrazole rings is 1. The molecular formula is C23H23FN8O3. The molecule has 2 saturated heterocycles. The van der Waals surface area contributed by atoms with Gasteiger partial charge in [-0.05, 0) is 39.8 Å². The number of methoxy groups -OCH3 is 1. The Hall–Kier alpha value is -3.95. The fourth-order valence-corrected chi connectivity index (χ4v) is 4.48. The maximum atomic E-state index is 14.4. The van der Waals surface area contributed by atoms with Gasteiger partial charge in [-0.25, -0.2) is 9.37 Å². The Morgan fingerprint density at radius 1 is 1.31 bits per heavy atom. The Labute approximate surface area is 200 Å². The molecule has 2 aliphatic heterocycles. The average molecular weight is 478 g/mol. The Bertz CT molecular complexity index is 1240. The summed E-state index contributed by atoms with van der Waals surface area (Å²) in [7, 11) is 1.41. The minimum absolute atomic E-state index is 0.0302. The zero-order chi connectivity index (χ0) is 24.4. The van der Waals surface area contributed by atoms with Crippen LogP contribution in [0.3, 0.4) is 0 Å². The molecule has 0 radical (unpaired) electrons. The topological polar surface area (TPSA) is 122 Å². The van der Waals surface area contributed by atoms with Gasteiger partial charge in [-0.15, -0.1) is 5.10 Å². The number of hydrogen-bond donors (Lipinski definition) is 0. The number of piperazine rings is 1. The van der Waals surface area contributed by atoms with Crippen LogP contribution >= 0.6 is 0 Å². The number of fused-ring (bicyclic) bond motifs is 1. The number of aromatic nitrogens is 5. The molecule has 2 atom stereocenters. The van der Waals surface area contributed by atoms with E-state index in [2.05, 4.69) is 25.4 Å². The number of hydrogen-bond acceptors (Lipinski definition) is 9. The third-order valence-electron chi connectivity index (χ3n) is 6.38. The standard InChI is InChI=1S/C23H23FN8O3/c1-34-20-8-16(7-19(24)18(20)9-25)21-12-30-4-5-31(11-17(30)13-35-21)23(33)6-15-2-3-22(26-10-15)32-14-27-28-29-32/h2-3,7-8,10,14,17,21H,4-6,11-13H2,1H3/t17-,21-/m1/s1. The second-order valence-electron chi connectivity index (χ2n) is 8.46. The van der Waals surface area contributed by atoms with Crippen molar-refractivity contribution in [2.75, 3.05) is 39.9 Å². The molecule has 5 rings (SSSR count). The van der Waals surface area contributed by atoms with Gasteiger partial charge in [0.15, 0.2) is 5.82 Å². The third kappa shape index (κ3) is 4.68. The molecule has 3 aromatic rings. The van der Waals surface area contributed by atoms with E-state index in [-0.39, 0.29) is 35.8 Å². The summed E-state index contributed by atoms with van der Waals surface area (Å²) in [5.74, 6) is 0.184. The molecule has 1 amide bonds. The van der Waals surface area contributed by atoms with Crippen molar-refractivity contribution in [3.63, 3.8) is 0 Å². The van der Waals surface area contributed by atoms with Crippen molar-refractivity contribution in [3.8, 4) is 17.6 Å². The summed E-state index contributed by atoms with van der Waals surface area (Å²) in [4.78, 5) is 21.4. The quantitative estimate of drug-likeness (QED) is 0.526. The average Bonchev–Trinajstić information content (AvgIpc) is 3.43. The van der Waals surface area contributed by atoms with Crippen LogP contribution in [-0.2, 0) is 16.0 Å². The first kappa shape index (κ1) is 22.8. The van der Waals surface area contributed by atoms with Crippen LogP contribution in [0.4, 0.5) is 4.39 Å². The maximum Gasteiger partial charge on any atom is 0.227 e. The first-order valence-corrected chi connectivity index (χ1v) is 11.1. The Kier molecular flexibility index (Phi) is 6.35. The molecule has 0 N–H and O–H groups in total. The predicted molar refractivity (Wildman–Crippen MR) is 119 cm³/mol. The highest BCUT2D eigenvalue weighted by atomic mass is 19.1. The Morgan fingerprint density at radius 2 is 2.20 bits per heavy atom. The molecule has 0 spiro atoms. The molecular weight excluding hydrogens is 455 g/mol.